The Morgan fingerprint density at radius 1 is 1.06 bits per heavy atom. The minimum absolute atomic E-state index is 0.200. The molecular weight excluding hydrogens is 497 g/mol. The molecule has 2 aromatic carbocycles. The highest BCUT2D eigenvalue weighted by Gasteiger charge is 2.46. The Hall–Kier alpha value is -3.80. The van der Waals surface area contributed by atoms with Crippen LogP contribution in [0.4, 0.5) is 13.2 Å². The summed E-state index contributed by atoms with van der Waals surface area (Å²) in [6.45, 7) is 4.49. The topological polar surface area (TPSA) is 96.6 Å². The lowest BCUT2D eigenvalue weighted by molar-refractivity contribution is -0.114. The molecule has 0 fully saturated rings. The molecule has 2 aromatic rings. The second kappa shape index (κ2) is 10.1. The van der Waals surface area contributed by atoms with Crippen molar-refractivity contribution in [3.63, 3.8) is 0 Å². The zero-order valence-corrected chi connectivity index (χ0v) is 20.3. The van der Waals surface area contributed by atoms with Gasteiger partial charge >= 0.3 is 6.18 Å². The van der Waals surface area contributed by atoms with Crippen LogP contribution in [-0.4, -0.2) is 53.5 Å². The maximum absolute atomic E-state index is 13.0. The van der Waals surface area contributed by atoms with Gasteiger partial charge in [-0.15, -0.1) is 0 Å². The summed E-state index contributed by atoms with van der Waals surface area (Å²) in [5.74, 6) is 0.245. The number of nitrogens with one attached hydrogen (secondary N) is 1. The lowest BCUT2D eigenvalue weighted by Crippen LogP contribution is -2.35. The molecule has 0 bridgehead atoms. The van der Waals surface area contributed by atoms with Crippen molar-refractivity contribution in [3.8, 4) is 17.2 Å². The zero-order valence-electron chi connectivity index (χ0n) is 19.5. The van der Waals surface area contributed by atoms with Crippen LogP contribution in [0.25, 0.3) is 6.08 Å². The lowest BCUT2D eigenvalue weighted by atomic mass is 10.1. The molecule has 36 heavy (non-hydrogen) atoms. The monoisotopic (exact) mass is 518 g/mol. The number of amidine groups is 2. The van der Waals surface area contributed by atoms with Crippen LogP contribution in [0.5, 0.6) is 17.2 Å². The van der Waals surface area contributed by atoms with Crippen LogP contribution in [-0.2, 0) is 4.79 Å². The Morgan fingerprint density at radius 2 is 1.78 bits per heavy atom. The molecule has 0 unspecified atom stereocenters. The van der Waals surface area contributed by atoms with Crippen molar-refractivity contribution >= 4 is 39.8 Å². The largest absolute Gasteiger partial charge is 0.493 e. The minimum atomic E-state index is -4.70. The molecule has 2 heterocycles. The van der Waals surface area contributed by atoms with Crippen molar-refractivity contribution < 1.29 is 32.2 Å². The molecule has 4 rings (SSSR count). The number of hydrogen-bond acceptors (Lipinski definition) is 7. The number of alkyl halides is 3. The number of aliphatic imine (C=N–C) groups is 1. The number of thioether (sulfide) groups is 1. The average Bonchev–Trinajstić information content (AvgIpc) is 3.27. The summed E-state index contributed by atoms with van der Waals surface area (Å²) in [5, 5.41) is 10.8. The number of aryl methyl sites for hydroxylation is 2. The minimum Gasteiger partial charge on any atom is -0.493 e. The Balaban J connectivity index is 1.46. The van der Waals surface area contributed by atoms with E-state index in [1.165, 1.54) is 13.2 Å². The van der Waals surface area contributed by atoms with E-state index in [1.54, 1.807) is 18.2 Å². The van der Waals surface area contributed by atoms with Gasteiger partial charge in [0.2, 0.25) is 10.2 Å². The van der Waals surface area contributed by atoms with Crippen LogP contribution >= 0.6 is 11.8 Å². The van der Waals surface area contributed by atoms with Crippen molar-refractivity contribution in [2.24, 2.45) is 10.1 Å². The number of ether oxygens (including phenoxy) is 3. The van der Waals surface area contributed by atoms with Gasteiger partial charge in [-0.25, -0.2) is 0 Å². The Bertz CT molecular complexity index is 1320. The fourth-order valence-electron chi connectivity index (χ4n) is 3.33. The molecule has 1 N–H and O–H groups in total. The highest BCUT2D eigenvalue weighted by Crippen LogP contribution is 2.36. The van der Waals surface area contributed by atoms with Gasteiger partial charge in [-0.3, -0.25) is 10.2 Å². The SMILES string of the molecule is COc1cc(/C=C2\C(=N)N3N=C(C(F)(F)F)SC3=NC2=O)ccc1OCCOc1cc(C)ccc1C. The number of amides is 1. The zero-order chi connectivity index (χ0) is 26.0. The standard InChI is InChI=1S/C24H21F3N4O4S/c1-13-4-5-14(2)18(10-13)35-9-8-34-17-7-6-15(12-19(17)33-3)11-16-20(28)31-23(29-21(16)32)36-22(30-31)24(25,26)27/h4-7,10-12,28H,8-9H2,1-3H3/b16-11+,28-20?. The molecule has 2 aliphatic rings. The Morgan fingerprint density at radius 3 is 2.47 bits per heavy atom. The molecule has 0 aliphatic carbocycles. The number of fused-ring (bicyclic) bond motifs is 1. The molecule has 188 valence electrons. The van der Waals surface area contributed by atoms with Gasteiger partial charge in [-0.2, -0.15) is 28.3 Å². The van der Waals surface area contributed by atoms with E-state index in [9.17, 15) is 18.0 Å². The molecule has 1 amide bonds. The van der Waals surface area contributed by atoms with Crippen LogP contribution in [0.3, 0.4) is 0 Å². The molecule has 0 atom stereocenters. The fraction of sp³-hybridized carbons (Fsp3) is 0.250. The van der Waals surface area contributed by atoms with E-state index in [1.807, 2.05) is 32.0 Å². The third-order valence-corrected chi connectivity index (χ3v) is 6.09. The average molecular weight is 519 g/mol. The van der Waals surface area contributed by atoms with Gasteiger partial charge in [0.25, 0.3) is 5.91 Å². The number of benzene rings is 2. The normalized spacial score (nSPS) is 16.6. The molecule has 12 heteroatoms. The summed E-state index contributed by atoms with van der Waals surface area (Å²) in [7, 11) is 1.45. The molecular formula is C24H21F3N4O4S. The predicted octanol–water partition coefficient (Wildman–Crippen LogP) is 4.95. The molecule has 0 saturated heterocycles. The number of hydrogen-bond donors (Lipinski definition) is 1. The second-order valence-electron chi connectivity index (χ2n) is 7.80. The van der Waals surface area contributed by atoms with Crippen molar-refractivity contribution in [2.45, 2.75) is 20.0 Å². The van der Waals surface area contributed by atoms with Gasteiger partial charge in [-0.05, 0) is 66.6 Å². The van der Waals surface area contributed by atoms with Crippen molar-refractivity contribution in [3.05, 3.63) is 58.7 Å². The van der Waals surface area contributed by atoms with Crippen molar-refractivity contribution in [1.29, 1.82) is 5.41 Å². The highest BCUT2D eigenvalue weighted by atomic mass is 32.2. The Labute approximate surface area is 208 Å². The van der Waals surface area contributed by atoms with Crippen LogP contribution in [0.1, 0.15) is 16.7 Å². The summed E-state index contributed by atoms with van der Waals surface area (Å²) in [5.41, 5.74) is 2.36. The molecule has 0 saturated carbocycles. The third kappa shape index (κ3) is 5.38. The van der Waals surface area contributed by atoms with Gasteiger partial charge in [-0.1, -0.05) is 18.2 Å². The van der Waals surface area contributed by atoms with Crippen LogP contribution in [0.2, 0.25) is 0 Å². The number of rotatable bonds is 7. The van der Waals surface area contributed by atoms with E-state index >= 15 is 0 Å². The van der Waals surface area contributed by atoms with E-state index < -0.39 is 23.0 Å². The number of nitrogens with zero attached hydrogens (tertiary/aromatic N) is 3. The van der Waals surface area contributed by atoms with Crippen LogP contribution in [0, 0.1) is 19.3 Å². The van der Waals surface area contributed by atoms with Gasteiger partial charge in [0.05, 0.1) is 12.7 Å². The number of methoxy groups -OCH3 is 1. The summed E-state index contributed by atoms with van der Waals surface area (Å²) >= 11 is 0.200. The van der Waals surface area contributed by atoms with E-state index in [4.69, 9.17) is 19.6 Å². The highest BCUT2D eigenvalue weighted by molar-refractivity contribution is 8.27. The van der Waals surface area contributed by atoms with Crippen LogP contribution in [0.15, 0.2) is 52.1 Å². The number of carbonyl (C=O) groups excluding carboxylic acids is 1. The van der Waals surface area contributed by atoms with E-state index in [-0.39, 0.29) is 29.1 Å². The molecule has 2 aliphatic heterocycles. The first-order chi connectivity index (χ1) is 17.1. The lowest BCUT2D eigenvalue weighted by Gasteiger charge is -2.20. The molecule has 8 nitrogen and oxygen atoms in total. The number of hydrazone groups is 1. The van der Waals surface area contributed by atoms with E-state index in [0.717, 1.165) is 16.9 Å². The summed E-state index contributed by atoms with van der Waals surface area (Å²) in [4.78, 5) is 16.1. The summed E-state index contributed by atoms with van der Waals surface area (Å²) in [6.07, 6.45) is -3.36. The molecule has 0 radical (unpaired) electrons. The third-order valence-electron chi connectivity index (χ3n) is 5.14. The van der Waals surface area contributed by atoms with Crippen molar-refractivity contribution in [2.75, 3.05) is 20.3 Å². The van der Waals surface area contributed by atoms with Crippen LogP contribution < -0.4 is 14.2 Å². The first-order valence-electron chi connectivity index (χ1n) is 10.6. The Kier molecular flexibility index (Phi) is 7.07. The smallest absolute Gasteiger partial charge is 0.441 e. The quantitative estimate of drug-likeness (QED) is 0.412. The number of carbonyl (C=O) groups is 1. The summed E-state index contributed by atoms with van der Waals surface area (Å²) < 4.78 is 55.9. The van der Waals surface area contributed by atoms with Gasteiger partial charge in [0.15, 0.2) is 17.3 Å². The second-order valence-corrected chi connectivity index (χ2v) is 8.76. The van der Waals surface area contributed by atoms with Gasteiger partial charge < -0.3 is 14.2 Å². The van der Waals surface area contributed by atoms with E-state index in [0.29, 0.717) is 28.7 Å². The van der Waals surface area contributed by atoms with Gasteiger partial charge in [0.1, 0.15) is 19.0 Å². The first-order valence-corrected chi connectivity index (χ1v) is 11.5. The van der Waals surface area contributed by atoms with Gasteiger partial charge in [0, 0.05) is 0 Å². The van der Waals surface area contributed by atoms with Crippen molar-refractivity contribution in [1.82, 2.24) is 5.01 Å². The maximum atomic E-state index is 13.0. The maximum Gasteiger partial charge on any atom is 0.441 e. The fourth-order valence-corrected chi connectivity index (χ4v) is 4.09. The number of halogens is 3. The molecule has 0 aromatic heterocycles. The first kappa shape index (κ1) is 25.3. The predicted molar refractivity (Wildman–Crippen MR) is 131 cm³/mol. The summed E-state index contributed by atoms with van der Waals surface area (Å²) in [6, 6.07) is 10.8. The molecule has 0 spiro atoms. The van der Waals surface area contributed by atoms with E-state index in [2.05, 4.69) is 10.1 Å².